The maximum Gasteiger partial charge on any atom is 0.135 e. The zero-order valence-corrected chi connectivity index (χ0v) is 11.3. The largest absolute Gasteiger partial charge is 0.370 e. The molecule has 0 spiro atoms. The van der Waals surface area contributed by atoms with Gasteiger partial charge in [0.25, 0.3) is 0 Å². The van der Waals surface area contributed by atoms with Crippen LogP contribution < -0.4 is 5.32 Å². The van der Waals surface area contributed by atoms with Gasteiger partial charge in [-0.15, -0.1) is 12.3 Å². The minimum Gasteiger partial charge on any atom is -0.370 e. The van der Waals surface area contributed by atoms with Gasteiger partial charge in [0, 0.05) is 24.9 Å². The molecule has 2 rings (SSSR count). The highest BCUT2D eigenvalue weighted by atomic mass is 79.9. The third kappa shape index (κ3) is 4.01. The summed E-state index contributed by atoms with van der Waals surface area (Å²) in [6.07, 6.45) is 10.6. The fourth-order valence-corrected chi connectivity index (χ4v) is 2.02. The number of rotatable bonds is 6. The molecule has 1 aliphatic carbocycles. The van der Waals surface area contributed by atoms with Crippen LogP contribution in [0.4, 0.5) is 5.82 Å². The minimum absolute atomic E-state index is 0.578. The smallest absolute Gasteiger partial charge is 0.135 e. The molecule has 0 atom stereocenters. The second-order valence-electron chi connectivity index (χ2n) is 4.30. The van der Waals surface area contributed by atoms with Crippen molar-refractivity contribution in [2.45, 2.75) is 38.0 Å². The van der Waals surface area contributed by atoms with E-state index < -0.39 is 0 Å². The van der Waals surface area contributed by atoms with Gasteiger partial charge in [-0.1, -0.05) is 0 Å². The Kier molecular flexibility index (Phi) is 4.38. The molecule has 17 heavy (non-hydrogen) atoms. The van der Waals surface area contributed by atoms with E-state index in [0.717, 1.165) is 42.1 Å². The molecule has 0 amide bonds. The molecule has 3 nitrogen and oxygen atoms in total. The molecular formula is C13H16BrN3. The van der Waals surface area contributed by atoms with Crippen LogP contribution >= 0.6 is 15.9 Å². The first kappa shape index (κ1) is 12.4. The predicted molar refractivity (Wildman–Crippen MR) is 72.9 cm³/mol. The molecule has 0 aliphatic heterocycles. The summed E-state index contributed by atoms with van der Waals surface area (Å²) in [7, 11) is 0. The van der Waals surface area contributed by atoms with Gasteiger partial charge in [0.1, 0.15) is 16.2 Å². The molecule has 1 aromatic rings. The SMILES string of the molecule is C#CCCCCNc1cc(Br)nc(C2CC2)n1. The summed E-state index contributed by atoms with van der Waals surface area (Å²) in [5.41, 5.74) is 0. The number of unbranched alkanes of at least 4 members (excludes halogenated alkanes) is 2. The van der Waals surface area contributed by atoms with E-state index in [9.17, 15) is 0 Å². The molecule has 4 heteroatoms. The van der Waals surface area contributed by atoms with Crippen LogP contribution in [0.3, 0.4) is 0 Å². The molecule has 1 heterocycles. The number of anilines is 1. The zero-order valence-electron chi connectivity index (χ0n) is 9.75. The van der Waals surface area contributed by atoms with E-state index in [2.05, 4.69) is 37.1 Å². The van der Waals surface area contributed by atoms with Crippen molar-refractivity contribution < 1.29 is 0 Å². The highest BCUT2D eigenvalue weighted by Gasteiger charge is 2.27. The maximum atomic E-state index is 5.20. The number of hydrogen-bond donors (Lipinski definition) is 1. The molecule has 1 aromatic heterocycles. The fraction of sp³-hybridized carbons (Fsp3) is 0.538. The standard InChI is InChI=1S/C13H16BrN3/c1-2-3-4-5-8-15-12-9-11(14)16-13(17-12)10-6-7-10/h1,9-10H,3-8H2,(H,15,16,17). The Balaban J connectivity index is 1.85. The van der Waals surface area contributed by atoms with Gasteiger partial charge in [-0.25, -0.2) is 9.97 Å². The molecule has 0 radical (unpaired) electrons. The van der Waals surface area contributed by atoms with Gasteiger partial charge in [0.15, 0.2) is 0 Å². The first-order valence-corrected chi connectivity index (χ1v) is 6.80. The lowest BCUT2D eigenvalue weighted by Gasteiger charge is -2.07. The normalized spacial score (nSPS) is 14.4. The summed E-state index contributed by atoms with van der Waals surface area (Å²) < 4.78 is 0.862. The number of halogens is 1. The van der Waals surface area contributed by atoms with Gasteiger partial charge < -0.3 is 5.32 Å². The molecule has 0 bridgehead atoms. The van der Waals surface area contributed by atoms with E-state index in [4.69, 9.17) is 6.42 Å². The number of aromatic nitrogens is 2. The molecule has 1 saturated carbocycles. The van der Waals surface area contributed by atoms with Crippen LogP contribution in [-0.2, 0) is 0 Å². The van der Waals surface area contributed by atoms with Gasteiger partial charge in [0.05, 0.1) is 0 Å². The number of hydrogen-bond acceptors (Lipinski definition) is 3. The topological polar surface area (TPSA) is 37.8 Å². The molecule has 1 N–H and O–H groups in total. The highest BCUT2D eigenvalue weighted by molar-refractivity contribution is 9.10. The van der Waals surface area contributed by atoms with E-state index in [1.54, 1.807) is 0 Å². The summed E-state index contributed by atoms with van der Waals surface area (Å²) in [5.74, 6) is 5.10. The molecule has 0 aromatic carbocycles. The average molecular weight is 294 g/mol. The van der Waals surface area contributed by atoms with Crippen LogP contribution in [-0.4, -0.2) is 16.5 Å². The second kappa shape index (κ2) is 6.02. The second-order valence-corrected chi connectivity index (χ2v) is 5.11. The third-order valence-corrected chi connectivity index (χ3v) is 3.11. The summed E-state index contributed by atoms with van der Waals surface area (Å²) >= 11 is 3.43. The molecular weight excluding hydrogens is 278 g/mol. The summed E-state index contributed by atoms with van der Waals surface area (Å²) in [6.45, 7) is 0.912. The number of nitrogens with one attached hydrogen (secondary N) is 1. The van der Waals surface area contributed by atoms with Crippen LogP contribution in [0.15, 0.2) is 10.7 Å². The highest BCUT2D eigenvalue weighted by Crippen LogP contribution is 2.38. The zero-order chi connectivity index (χ0) is 12.1. The first-order valence-electron chi connectivity index (χ1n) is 6.01. The van der Waals surface area contributed by atoms with Crippen LogP contribution in [0.5, 0.6) is 0 Å². The lowest BCUT2D eigenvalue weighted by atomic mass is 10.2. The van der Waals surface area contributed by atoms with Crippen molar-refractivity contribution >= 4 is 21.7 Å². The molecule has 0 unspecified atom stereocenters. The summed E-state index contributed by atoms with van der Waals surface area (Å²) in [4.78, 5) is 8.91. The van der Waals surface area contributed by atoms with E-state index >= 15 is 0 Å². The van der Waals surface area contributed by atoms with Gasteiger partial charge >= 0.3 is 0 Å². The van der Waals surface area contributed by atoms with Crippen molar-refractivity contribution in [3.8, 4) is 12.3 Å². The Bertz CT molecular complexity index is 421. The average Bonchev–Trinajstić information content (AvgIpc) is 3.12. The van der Waals surface area contributed by atoms with Crippen molar-refractivity contribution in [3.63, 3.8) is 0 Å². The maximum absolute atomic E-state index is 5.20. The fourth-order valence-electron chi connectivity index (χ4n) is 1.62. The van der Waals surface area contributed by atoms with E-state index in [-0.39, 0.29) is 0 Å². The summed E-state index contributed by atoms with van der Waals surface area (Å²) in [6, 6.07) is 1.92. The van der Waals surface area contributed by atoms with Crippen molar-refractivity contribution in [2.75, 3.05) is 11.9 Å². The van der Waals surface area contributed by atoms with Crippen molar-refractivity contribution in [2.24, 2.45) is 0 Å². The molecule has 0 saturated heterocycles. The van der Waals surface area contributed by atoms with Gasteiger partial charge in [0.2, 0.25) is 0 Å². The Morgan fingerprint density at radius 1 is 1.41 bits per heavy atom. The van der Waals surface area contributed by atoms with Crippen molar-refractivity contribution in [1.29, 1.82) is 0 Å². The lowest BCUT2D eigenvalue weighted by Crippen LogP contribution is -2.05. The van der Waals surface area contributed by atoms with E-state index in [0.29, 0.717) is 5.92 Å². The van der Waals surface area contributed by atoms with Crippen LogP contribution in [0.25, 0.3) is 0 Å². The monoisotopic (exact) mass is 293 g/mol. The lowest BCUT2D eigenvalue weighted by molar-refractivity contribution is 0.784. The van der Waals surface area contributed by atoms with E-state index in [1.165, 1.54) is 12.8 Å². The Hall–Kier alpha value is -1.08. The third-order valence-electron chi connectivity index (χ3n) is 2.71. The molecule has 90 valence electrons. The Morgan fingerprint density at radius 3 is 2.94 bits per heavy atom. The van der Waals surface area contributed by atoms with Crippen molar-refractivity contribution in [1.82, 2.24) is 9.97 Å². The number of terminal acetylenes is 1. The Labute approximate surface area is 111 Å². The Morgan fingerprint density at radius 2 is 2.24 bits per heavy atom. The molecule has 1 fully saturated rings. The van der Waals surface area contributed by atoms with Crippen LogP contribution in [0, 0.1) is 12.3 Å². The van der Waals surface area contributed by atoms with Crippen LogP contribution in [0.1, 0.15) is 43.8 Å². The van der Waals surface area contributed by atoms with Crippen molar-refractivity contribution in [3.05, 3.63) is 16.5 Å². The van der Waals surface area contributed by atoms with Gasteiger partial charge in [-0.05, 0) is 41.6 Å². The first-order chi connectivity index (χ1) is 8.29. The van der Waals surface area contributed by atoms with E-state index in [1.807, 2.05) is 6.07 Å². The van der Waals surface area contributed by atoms with Crippen LogP contribution in [0.2, 0.25) is 0 Å². The van der Waals surface area contributed by atoms with Gasteiger partial charge in [-0.2, -0.15) is 0 Å². The quantitative estimate of drug-likeness (QED) is 0.497. The number of nitrogens with zero attached hydrogens (tertiary/aromatic N) is 2. The minimum atomic E-state index is 0.578. The predicted octanol–water partition coefficient (Wildman–Crippen LogP) is 3.33. The van der Waals surface area contributed by atoms with Gasteiger partial charge in [-0.3, -0.25) is 0 Å². The summed E-state index contributed by atoms with van der Waals surface area (Å²) in [5, 5.41) is 3.32. The molecule has 1 aliphatic rings.